The number of para-hydroxylation sites is 4. The van der Waals surface area contributed by atoms with Crippen LogP contribution in [-0.4, -0.2) is 18.8 Å². The molecule has 2 N–H and O–H groups in total. The van der Waals surface area contributed by atoms with Crippen LogP contribution in [0.3, 0.4) is 0 Å². The summed E-state index contributed by atoms with van der Waals surface area (Å²) in [5.41, 5.74) is 5.16. The molecule has 4 aromatic heterocycles. The lowest BCUT2D eigenvalue weighted by atomic mass is 10.1. The van der Waals surface area contributed by atoms with Gasteiger partial charge in [-0.2, -0.15) is 10.5 Å². The molecule has 0 fully saturated rings. The number of imidazole rings is 2. The summed E-state index contributed by atoms with van der Waals surface area (Å²) in [6.45, 7) is 3.43. The van der Waals surface area contributed by atoms with Crippen LogP contribution < -0.4 is 32.2 Å². The molecule has 0 atom stereocenters. The molecule has 216 valence electrons. The molecule has 0 amide bonds. The Bertz CT molecular complexity index is 2720. The lowest BCUT2D eigenvalue weighted by Gasteiger charge is -2.09. The maximum atomic E-state index is 13.6. The van der Waals surface area contributed by atoms with Crippen LogP contribution in [0.25, 0.3) is 45.8 Å². The predicted molar refractivity (Wildman–Crippen MR) is 175 cm³/mol. The number of nitrogens with one attached hydrogen (secondary N) is 2. The molecule has 0 radical (unpaired) electrons. The van der Waals surface area contributed by atoms with Crippen molar-refractivity contribution in [2.24, 2.45) is 0 Å². The minimum Gasteiger partial charge on any atom is -0.361 e. The van der Waals surface area contributed by atoms with Crippen LogP contribution in [0.4, 0.5) is 11.4 Å². The monoisotopic (exact) mass is 608 g/mol. The van der Waals surface area contributed by atoms with Crippen molar-refractivity contribution in [2.75, 3.05) is 10.6 Å². The molecule has 7 aromatic rings. The Morgan fingerprint density at radius 1 is 0.733 bits per heavy atom. The summed E-state index contributed by atoms with van der Waals surface area (Å²) in [5, 5.41) is 27.1. The fourth-order valence-corrected chi connectivity index (χ4v) is 5.78. The Morgan fingerprint density at radius 2 is 1.22 bits per heavy atom. The summed E-state index contributed by atoms with van der Waals surface area (Å²) in [7, 11) is 0. The van der Waals surface area contributed by atoms with Crippen molar-refractivity contribution in [3.63, 3.8) is 0 Å². The normalized spacial score (nSPS) is 12.3. The maximum absolute atomic E-state index is 13.6. The van der Waals surface area contributed by atoms with Gasteiger partial charge in [0.2, 0.25) is 0 Å². The number of anilines is 2. The van der Waals surface area contributed by atoms with Crippen LogP contribution in [0.1, 0.15) is 22.3 Å². The number of hydrogen-bond donors (Lipinski definition) is 2. The van der Waals surface area contributed by atoms with Gasteiger partial charge in [-0.05, 0) is 67.4 Å². The molecule has 0 aliphatic rings. The molecule has 0 unspecified atom stereocenters. The highest BCUT2D eigenvalue weighted by atomic mass is 35.5. The van der Waals surface area contributed by atoms with Gasteiger partial charge in [0.1, 0.15) is 12.1 Å². The van der Waals surface area contributed by atoms with E-state index in [0.717, 1.165) is 0 Å². The third-order valence-corrected chi connectivity index (χ3v) is 8.27. The smallest absolute Gasteiger partial charge is 0.265 e. The molecule has 0 aliphatic carbocycles. The van der Waals surface area contributed by atoms with Crippen LogP contribution in [-0.2, 0) is 0 Å². The van der Waals surface area contributed by atoms with Crippen LogP contribution in [0.15, 0.2) is 76.3 Å². The lowest BCUT2D eigenvalue weighted by molar-refractivity contribution is 1.10. The Kier molecular flexibility index (Phi) is 6.43. The second-order valence-corrected chi connectivity index (χ2v) is 10.9. The summed E-state index contributed by atoms with van der Waals surface area (Å²) in [5.74, 6) is 0. The van der Waals surface area contributed by atoms with E-state index in [9.17, 15) is 20.1 Å². The Balaban J connectivity index is 1.31. The number of halogens is 1. The Hall–Kier alpha value is -6.23. The number of nitrogens with zero attached hydrogens (tertiary/aromatic N) is 6. The van der Waals surface area contributed by atoms with Gasteiger partial charge < -0.3 is 10.6 Å². The molecular formula is C34H21ClN8O2. The quantitative estimate of drug-likeness (QED) is 0.304. The third-order valence-electron chi connectivity index (χ3n) is 7.94. The largest absolute Gasteiger partial charge is 0.361 e. The minimum absolute atomic E-state index is 0.291. The van der Waals surface area contributed by atoms with Crippen molar-refractivity contribution in [1.82, 2.24) is 18.8 Å². The van der Waals surface area contributed by atoms with Gasteiger partial charge in [-0.25, -0.2) is 9.97 Å². The third kappa shape index (κ3) is 4.24. The first kappa shape index (κ1) is 27.6. The molecule has 3 aromatic carbocycles. The molecule has 0 aliphatic heterocycles. The topological polar surface area (TPSA) is 140 Å². The molecule has 0 saturated carbocycles. The van der Waals surface area contributed by atoms with Gasteiger partial charge in [-0.3, -0.25) is 18.4 Å². The van der Waals surface area contributed by atoms with Gasteiger partial charge in [0.25, 0.3) is 11.1 Å². The molecule has 0 bridgehead atoms. The number of fused-ring (bicyclic) bond motifs is 6. The highest BCUT2D eigenvalue weighted by Gasteiger charge is 2.17. The number of pyridine rings is 2. The van der Waals surface area contributed by atoms with Gasteiger partial charge in [0.15, 0.2) is 11.3 Å². The van der Waals surface area contributed by atoms with Crippen LogP contribution in [0.2, 0.25) is 5.02 Å². The van der Waals surface area contributed by atoms with Gasteiger partial charge >= 0.3 is 0 Å². The fraction of sp³-hybridized carbons (Fsp3) is 0.0588. The molecule has 45 heavy (non-hydrogen) atoms. The van der Waals surface area contributed by atoms with E-state index in [-0.39, 0.29) is 11.1 Å². The number of aromatic nitrogens is 4. The predicted octanol–water partition coefficient (Wildman–Crippen LogP) is 4.16. The zero-order valence-corrected chi connectivity index (χ0v) is 24.6. The highest BCUT2D eigenvalue weighted by molar-refractivity contribution is 6.33. The van der Waals surface area contributed by atoms with E-state index in [0.29, 0.717) is 82.4 Å². The van der Waals surface area contributed by atoms with Crippen molar-refractivity contribution in [1.29, 1.82) is 10.5 Å². The second kappa shape index (κ2) is 10.5. The summed E-state index contributed by atoms with van der Waals surface area (Å²) < 4.78 is 2.90. The van der Waals surface area contributed by atoms with E-state index in [1.807, 2.05) is 24.3 Å². The maximum Gasteiger partial charge on any atom is 0.265 e. The average molecular weight is 609 g/mol. The molecule has 0 spiro atoms. The van der Waals surface area contributed by atoms with E-state index in [2.05, 4.69) is 32.7 Å². The van der Waals surface area contributed by atoms with E-state index >= 15 is 0 Å². The van der Waals surface area contributed by atoms with Crippen LogP contribution >= 0.6 is 11.6 Å². The first-order valence-corrected chi connectivity index (χ1v) is 14.2. The van der Waals surface area contributed by atoms with Gasteiger partial charge in [-0.1, -0.05) is 35.9 Å². The fourth-order valence-electron chi connectivity index (χ4n) is 5.60. The van der Waals surface area contributed by atoms with E-state index in [1.165, 1.54) is 15.0 Å². The van der Waals surface area contributed by atoms with Crippen molar-refractivity contribution in [3.05, 3.63) is 125 Å². The summed E-state index contributed by atoms with van der Waals surface area (Å²) in [6.07, 6.45) is 3.08. The van der Waals surface area contributed by atoms with Crippen LogP contribution in [0.5, 0.6) is 0 Å². The number of rotatable bonds is 4. The summed E-state index contributed by atoms with van der Waals surface area (Å²) >= 11 is 6.51. The first-order valence-electron chi connectivity index (χ1n) is 13.8. The first-order chi connectivity index (χ1) is 21.8. The van der Waals surface area contributed by atoms with E-state index < -0.39 is 0 Å². The highest BCUT2D eigenvalue weighted by Crippen LogP contribution is 2.26. The van der Waals surface area contributed by atoms with Crippen molar-refractivity contribution in [2.45, 2.75) is 13.8 Å². The van der Waals surface area contributed by atoms with Gasteiger partial charge in [0, 0.05) is 18.1 Å². The van der Waals surface area contributed by atoms with Crippen LogP contribution in [0, 0.1) is 36.5 Å². The molecule has 10 nitrogen and oxygen atoms in total. The zero-order chi connectivity index (χ0) is 31.4. The number of nitriles is 2. The number of benzene rings is 3. The van der Waals surface area contributed by atoms with Gasteiger partial charge in [-0.15, -0.1) is 0 Å². The van der Waals surface area contributed by atoms with Crippen molar-refractivity contribution >= 4 is 68.7 Å². The van der Waals surface area contributed by atoms with Crippen molar-refractivity contribution < 1.29 is 0 Å². The summed E-state index contributed by atoms with van der Waals surface area (Å²) in [6, 6.07) is 24.0. The SMILES string of the molecule is Cc1c(C#N)c2nc3ccccc3n2c(=O)c1=CNc1ccc(Cl)c(NC=c2c(C)c(C#N)c3nc4ccccc4n3c2=O)c1. The van der Waals surface area contributed by atoms with E-state index in [4.69, 9.17) is 11.6 Å². The van der Waals surface area contributed by atoms with E-state index in [1.54, 1.807) is 62.5 Å². The Morgan fingerprint density at radius 3 is 1.73 bits per heavy atom. The molecule has 11 heteroatoms. The minimum atomic E-state index is -0.324. The second-order valence-electron chi connectivity index (χ2n) is 10.5. The standard InChI is InChI=1S/C34H21ClN8O2/c1-18-21(14-36)31-40-26-7-3-5-9-29(26)42(31)33(44)23(18)16-38-20-11-12-25(35)28(13-20)39-17-24-19(2)22(15-37)32-41-27-8-4-6-10-30(27)43(32)34(24)45/h3-13,16-17,38-39H,1-2H3. The molecular weight excluding hydrogens is 588 g/mol. The molecule has 0 saturated heterocycles. The summed E-state index contributed by atoms with van der Waals surface area (Å²) in [4.78, 5) is 36.3. The lowest BCUT2D eigenvalue weighted by Crippen LogP contribution is -2.35. The molecule has 4 heterocycles. The average Bonchev–Trinajstić information content (AvgIpc) is 3.62. The van der Waals surface area contributed by atoms with Crippen molar-refractivity contribution in [3.8, 4) is 12.1 Å². The Labute approximate surface area is 259 Å². The molecule has 7 rings (SSSR count). The number of hydrogen-bond acceptors (Lipinski definition) is 8. The van der Waals surface area contributed by atoms with Gasteiger partial charge in [0.05, 0.1) is 54.3 Å². The zero-order valence-electron chi connectivity index (χ0n) is 23.9.